The first-order valence-corrected chi connectivity index (χ1v) is 10.6. The molecule has 0 unspecified atom stereocenters. The Morgan fingerprint density at radius 3 is 2.46 bits per heavy atom. The minimum Gasteiger partial charge on any atom is -0.372 e. The fourth-order valence-electron chi connectivity index (χ4n) is 3.58. The number of thioether (sulfide) groups is 1. The summed E-state index contributed by atoms with van der Waals surface area (Å²) in [4.78, 5) is 42.6. The van der Waals surface area contributed by atoms with Gasteiger partial charge in [-0.05, 0) is 74.7 Å². The highest BCUT2D eigenvalue weighted by Gasteiger charge is 2.37. The molecule has 3 rings (SSSR count). The van der Waals surface area contributed by atoms with Crippen LogP contribution in [0.4, 0.5) is 10.5 Å². The monoisotopic (exact) mass is 401 g/mol. The molecule has 6 nitrogen and oxygen atoms in total. The Bertz CT molecular complexity index is 811. The van der Waals surface area contributed by atoms with E-state index in [0.29, 0.717) is 18.0 Å². The second-order valence-electron chi connectivity index (χ2n) is 7.07. The maximum Gasteiger partial charge on any atom is 0.294 e. The van der Waals surface area contributed by atoms with Crippen LogP contribution in [0.1, 0.15) is 37.8 Å². The molecule has 0 aliphatic carbocycles. The van der Waals surface area contributed by atoms with Crippen molar-refractivity contribution in [2.75, 3.05) is 37.6 Å². The van der Waals surface area contributed by atoms with Crippen molar-refractivity contribution < 1.29 is 14.4 Å². The zero-order valence-electron chi connectivity index (χ0n) is 16.7. The lowest BCUT2D eigenvalue weighted by atomic mass is 10.1. The van der Waals surface area contributed by atoms with Gasteiger partial charge in [0, 0.05) is 31.9 Å². The van der Waals surface area contributed by atoms with E-state index in [1.807, 2.05) is 26.8 Å². The molecule has 2 heterocycles. The highest BCUT2D eigenvalue weighted by Crippen LogP contribution is 2.33. The molecule has 0 radical (unpaired) electrons. The van der Waals surface area contributed by atoms with E-state index in [2.05, 4.69) is 17.0 Å². The Morgan fingerprint density at radius 2 is 1.86 bits per heavy atom. The van der Waals surface area contributed by atoms with Gasteiger partial charge in [0.2, 0.25) is 5.91 Å². The second kappa shape index (κ2) is 8.82. The van der Waals surface area contributed by atoms with E-state index in [9.17, 15) is 14.4 Å². The summed E-state index contributed by atoms with van der Waals surface area (Å²) in [7, 11) is 0. The molecular weight excluding hydrogens is 374 g/mol. The number of aryl methyl sites for hydroxylation is 1. The third-order valence-corrected chi connectivity index (χ3v) is 6.20. The molecule has 2 aliphatic rings. The molecule has 1 aromatic carbocycles. The Balaban J connectivity index is 1.75. The lowest BCUT2D eigenvalue weighted by molar-refractivity contribution is -0.135. The van der Waals surface area contributed by atoms with Crippen LogP contribution >= 0.6 is 11.8 Å². The third-order valence-electron chi connectivity index (χ3n) is 5.29. The third kappa shape index (κ3) is 4.24. The first kappa shape index (κ1) is 20.5. The van der Waals surface area contributed by atoms with Crippen LogP contribution in [0.2, 0.25) is 0 Å². The van der Waals surface area contributed by atoms with Gasteiger partial charge in [-0.3, -0.25) is 19.3 Å². The number of carbonyl (C=O) groups is 3. The highest BCUT2D eigenvalue weighted by molar-refractivity contribution is 8.18. The summed E-state index contributed by atoms with van der Waals surface area (Å²) in [5, 5.41) is -0.386. The molecule has 2 aliphatic heterocycles. The number of hydrogen-bond donors (Lipinski definition) is 0. The first-order chi connectivity index (χ1) is 13.4. The van der Waals surface area contributed by atoms with Crippen LogP contribution < -0.4 is 4.90 Å². The van der Waals surface area contributed by atoms with Crippen molar-refractivity contribution in [1.82, 2.24) is 9.80 Å². The molecule has 150 valence electrons. The zero-order valence-corrected chi connectivity index (χ0v) is 17.6. The van der Waals surface area contributed by atoms with Crippen molar-refractivity contribution in [3.05, 3.63) is 34.2 Å². The van der Waals surface area contributed by atoms with Crippen LogP contribution in [0, 0.1) is 6.92 Å². The summed E-state index contributed by atoms with van der Waals surface area (Å²) in [5.74, 6) is -0.599. The van der Waals surface area contributed by atoms with Crippen molar-refractivity contribution in [2.45, 2.75) is 33.6 Å². The summed E-state index contributed by atoms with van der Waals surface area (Å²) in [6, 6.07) is 6.20. The van der Waals surface area contributed by atoms with E-state index in [1.54, 1.807) is 11.0 Å². The second-order valence-corrected chi connectivity index (χ2v) is 8.06. The van der Waals surface area contributed by atoms with Gasteiger partial charge in [0.15, 0.2) is 0 Å². The molecule has 0 saturated carbocycles. The molecule has 0 atom stereocenters. The van der Waals surface area contributed by atoms with Crippen molar-refractivity contribution in [2.24, 2.45) is 0 Å². The number of carbonyl (C=O) groups excluding carboxylic acids is 3. The van der Waals surface area contributed by atoms with Crippen LogP contribution in [-0.2, 0) is 9.59 Å². The van der Waals surface area contributed by atoms with Gasteiger partial charge in [0.1, 0.15) is 6.54 Å². The molecule has 0 bridgehead atoms. The number of rotatable bonds is 6. The van der Waals surface area contributed by atoms with Gasteiger partial charge in [-0.15, -0.1) is 0 Å². The van der Waals surface area contributed by atoms with Crippen molar-refractivity contribution in [3.8, 4) is 0 Å². The van der Waals surface area contributed by atoms with E-state index in [0.717, 1.165) is 40.9 Å². The summed E-state index contributed by atoms with van der Waals surface area (Å²) < 4.78 is 0. The van der Waals surface area contributed by atoms with E-state index in [-0.39, 0.29) is 17.7 Å². The van der Waals surface area contributed by atoms with Crippen LogP contribution in [0.25, 0.3) is 6.08 Å². The van der Waals surface area contributed by atoms with E-state index in [4.69, 9.17) is 0 Å². The quantitative estimate of drug-likeness (QED) is 0.683. The van der Waals surface area contributed by atoms with Crippen molar-refractivity contribution >= 4 is 40.6 Å². The Labute approximate surface area is 170 Å². The topological polar surface area (TPSA) is 60.9 Å². The van der Waals surface area contributed by atoms with Crippen molar-refractivity contribution in [3.63, 3.8) is 0 Å². The molecule has 2 saturated heterocycles. The zero-order chi connectivity index (χ0) is 20.3. The highest BCUT2D eigenvalue weighted by atomic mass is 32.2. The number of anilines is 1. The number of amides is 3. The summed E-state index contributed by atoms with van der Waals surface area (Å²) in [6.07, 6.45) is 4.20. The molecule has 0 aromatic heterocycles. The fraction of sp³-hybridized carbons (Fsp3) is 0.476. The van der Waals surface area contributed by atoms with Crippen LogP contribution in [0.15, 0.2) is 23.1 Å². The fourth-order valence-corrected chi connectivity index (χ4v) is 4.41. The minimum absolute atomic E-state index is 0.198. The average molecular weight is 402 g/mol. The van der Waals surface area contributed by atoms with E-state index < -0.39 is 5.91 Å². The lowest BCUT2D eigenvalue weighted by Crippen LogP contribution is -2.41. The number of nitrogens with zero attached hydrogens (tertiary/aromatic N) is 3. The van der Waals surface area contributed by atoms with Crippen LogP contribution in [0.5, 0.6) is 0 Å². The molecular formula is C21H27N3O3S. The summed E-state index contributed by atoms with van der Waals surface area (Å²) in [5.41, 5.74) is 3.18. The molecule has 1 aromatic rings. The summed E-state index contributed by atoms with van der Waals surface area (Å²) in [6.45, 7) is 8.86. The Hall–Kier alpha value is -2.28. The Kier molecular flexibility index (Phi) is 6.44. The van der Waals surface area contributed by atoms with Gasteiger partial charge in [0.25, 0.3) is 11.1 Å². The minimum atomic E-state index is -0.390. The van der Waals surface area contributed by atoms with Crippen LogP contribution in [-0.4, -0.2) is 59.6 Å². The average Bonchev–Trinajstić information content (AvgIpc) is 3.29. The maximum absolute atomic E-state index is 12.7. The SMILES string of the molecule is CCN(CC)C(=O)CN1C(=O)S/C(=C\c2ccc(N3CCCC3)cc2C)C1=O. The molecule has 0 N–H and O–H groups in total. The van der Waals surface area contributed by atoms with Gasteiger partial charge in [-0.2, -0.15) is 0 Å². The number of imide groups is 1. The van der Waals surface area contributed by atoms with Crippen molar-refractivity contribution in [1.29, 1.82) is 0 Å². The van der Waals surface area contributed by atoms with Crippen LogP contribution in [0.3, 0.4) is 0 Å². The largest absolute Gasteiger partial charge is 0.372 e. The lowest BCUT2D eigenvalue weighted by Gasteiger charge is -2.21. The molecule has 2 fully saturated rings. The number of benzene rings is 1. The predicted octanol–water partition coefficient (Wildman–Crippen LogP) is 3.50. The smallest absolute Gasteiger partial charge is 0.294 e. The van der Waals surface area contributed by atoms with Gasteiger partial charge in [-0.1, -0.05) is 6.07 Å². The first-order valence-electron chi connectivity index (χ1n) is 9.83. The standard InChI is InChI=1S/C21H27N3O3S/c1-4-22(5-2)19(25)14-24-20(26)18(28-21(24)27)13-16-8-9-17(12-15(16)3)23-10-6-7-11-23/h8-9,12-13H,4-7,10-11,14H2,1-3H3/b18-13-. The maximum atomic E-state index is 12.7. The molecule has 7 heteroatoms. The predicted molar refractivity (Wildman–Crippen MR) is 113 cm³/mol. The Morgan fingerprint density at radius 1 is 1.18 bits per heavy atom. The van der Waals surface area contributed by atoms with Gasteiger partial charge in [-0.25, -0.2) is 0 Å². The van der Waals surface area contributed by atoms with E-state index >= 15 is 0 Å². The van der Waals surface area contributed by atoms with Gasteiger partial charge >= 0.3 is 0 Å². The normalized spacial score (nSPS) is 18.5. The molecule has 3 amide bonds. The summed E-state index contributed by atoms with van der Waals surface area (Å²) >= 11 is 0.901. The number of likely N-dealkylation sites (N-methyl/N-ethyl adjacent to an activating group) is 1. The molecule has 28 heavy (non-hydrogen) atoms. The number of hydrogen-bond acceptors (Lipinski definition) is 5. The molecule has 0 spiro atoms. The van der Waals surface area contributed by atoms with E-state index in [1.165, 1.54) is 18.5 Å². The van der Waals surface area contributed by atoms with Gasteiger partial charge < -0.3 is 9.80 Å². The van der Waals surface area contributed by atoms with Gasteiger partial charge in [0.05, 0.1) is 4.91 Å².